The van der Waals surface area contributed by atoms with Gasteiger partial charge in [-0.3, -0.25) is 4.98 Å². The van der Waals surface area contributed by atoms with Gasteiger partial charge in [0.05, 0.1) is 23.3 Å². The van der Waals surface area contributed by atoms with E-state index in [-0.39, 0.29) is 0 Å². The van der Waals surface area contributed by atoms with Crippen molar-refractivity contribution in [3.8, 4) is 0 Å². The van der Waals surface area contributed by atoms with Gasteiger partial charge in [-0.2, -0.15) is 0 Å². The molecule has 0 spiro atoms. The van der Waals surface area contributed by atoms with E-state index >= 15 is 0 Å². The smallest absolute Gasteiger partial charge is 0.0838 e. The molecule has 0 radical (unpaired) electrons. The summed E-state index contributed by atoms with van der Waals surface area (Å²) in [5.41, 5.74) is 7.55. The summed E-state index contributed by atoms with van der Waals surface area (Å²) in [5.74, 6) is 1.22. The van der Waals surface area contributed by atoms with Gasteiger partial charge in [-0.05, 0) is 36.8 Å². The molecule has 0 amide bonds. The summed E-state index contributed by atoms with van der Waals surface area (Å²) < 4.78 is 0. The van der Waals surface area contributed by atoms with Gasteiger partial charge < -0.3 is 11.1 Å². The summed E-state index contributed by atoms with van der Waals surface area (Å²) >= 11 is 0. The van der Waals surface area contributed by atoms with E-state index in [9.17, 15) is 0 Å². The minimum Gasteiger partial charge on any atom is -0.397 e. The van der Waals surface area contributed by atoms with Crippen molar-refractivity contribution in [1.29, 1.82) is 5.41 Å². The van der Waals surface area contributed by atoms with Crippen LogP contribution < -0.4 is 5.73 Å². The number of nitrogen functional groups attached to an aromatic ring is 1. The number of anilines is 1. The molecule has 3 nitrogen and oxygen atoms in total. The molecular formula is C13H21N3. The molecule has 0 aromatic carbocycles. The highest BCUT2D eigenvalue weighted by molar-refractivity contribution is 5.96. The second-order valence-electron chi connectivity index (χ2n) is 4.89. The fourth-order valence-electron chi connectivity index (χ4n) is 1.92. The molecule has 0 aliphatic rings. The second-order valence-corrected chi connectivity index (χ2v) is 4.89. The van der Waals surface area contributed by atoms with Gasteiger partial charge in [-0.25, -0.2) is 0 Å². The molecule has 1 aromatic rings. The second kappa shape index (κ2) is 5.64. The first-order valence-corrected chi connectivity index (χ1v) is 5.78. The van der Waals surface area contributed by atoms with Gasteiger partial charge in [-0.1, -0.05) is 20.8 Å². The van der Waals surface area contributed by atoms with Crippen molar-refractivity contribution in [2.45, 2.75) is 33.6 Å². The van der Waals surface area contributed by atoms with Gasteiger partial charge in [0.15, 0.2) is 0 Å². The van der Waals surface area contributed by atoms with E-state index in [2.05, 4.69) is 25.8 Å². The fraction of sp³-hybridized carbons (Fsp3) is 0.538. The van der Waals surface area contributed by atoms with Crippen molar-refractivity contribution >= 4 is 11.4 Å². The van der Waals surface area contributed by atoms with E-state index in [1.165, 1.54) is 0 Å². The lowest BCUT2D eigenvalue weighted by Crippen LogP contribution is -2.10. The van der Waals surface area contributed by atoms with E-state index in [0.717, 1.165) is 18.5 Å². The fourth-order valence-corrected chi connectivity index (χ4v) is 1.92. The number of pyridine rings is 1. The highest BCUT2D eigenvalue weighted by Gasteiger charge is 2.10. The Balaban J connectivity index is 2.55. The molecule has 1 atom stereocenters. The Bertz CT molecular complexity index is 341. The third-order valence-electron chi connectivity index (χ3n) is 2.52. The Morgan fingerprint density at radius 3 is 2.56 bits per heavy atom. The van der Waals surface area contributed by atoms with Crippen LogP contribution in [0.25, 0.3) is 0 Å². The van der Waals surface area contributed by atoms with Crippen molar-refractivity contribution in [1.82, 2.24) is 4.98 Å². The summed E-state index contributed by atoms with van der Waals surface area (Å²) in [6.07, 6.45) is 3.55. The first-order chi connectivity index (χ1) is 7.49. The number of rotatable bonds is 5. The van der Waals surface area contributed by atoms with E-state index in [4.69, 9.17) is 11.1 Å². The maximum atomic E-state index is 7.97. The topological polar surface area (TPSA) is 62.8 Å². The average Bonchev–Trinajstić information content (AvgIpc) is 2.16. The Kier molecular flexibility index (Phi) is 4.47. The molecule has 0 fully saturated rings. The molecule has 0 aliphatic heterocycles. The summed E-state index contributed by atoms with van der Waals surface area (Å²) in [7, 11) is 0. The predicted octanol–water partition coefficient (Wildman–Crippen LogP) is 3.10. The van der Waals surface area contributed by atoms with E-state index < -0.39 is 0 Å². The third-order valence-corrected chi connectivity index (χ3v) is 2.52. The van der Waals surface area contributed by atoms with Crippen molar-refractivity contribution in [3.63, 3.8) is 0 Å². The number of hydrogen-bond acceptors (Lipinski definition) is 3. The van der Waals surface area contributed by atoms with Crippen LogP contribution in [0.2, 0.25) is 0 Å². The number of nitrogens with one attached hydrogen (secondary N) is 1. The van der Waals surface area contributed by atoms with Crippen LogP contribution in [0.15, 0.2) is 18.3 Å². The molecule has 1 rings (SSSR count). The number of nitrogens with two attached hydrogens (primary N) is 1. The van der Waals surface area contributed by atoms with E-state index in [1.807, 2.05) is 6.07 Å². The van der Waals surface area contributed by atoms with Crippen LogP contribution in [-0.2, 0) is 0 Å². The first kappa shape index (κ1) is 12.7. The van der Waals surface area contributed by atoms with Gasteiger partial charge in [-0.15, -0.1) is 0 Å². The van der Waals surface area contributed by atoms with Crippen molar-refractivity contribution in [3.05, 3.63) is 24.0 Å². The van der Waals surface area contributed by atoms with Crippen LogP contribution in [0, 0.1) is 17.2 Å². The molecule has 0 saturated heterocycles. The number of aromatic nitrogens is 1. The van der Waals surface area contributed by atoms with E-state index in [0.29, 0.717) is 23.2 Å². The van der Waals surface area contributed by atoms with Crippen LogP contribution in [0.5, 0.6) is 0 Å². The van der Waals surface area contributed by atoms with Crippen molar-refractivity contribution in [2.75, 3.05) is 5.73 Å². The summed E-state index contributed by atoms with van der Waals surface area (Å²) in [6, 6.07) is 3.61. The van der Waals surface area contributed by atoms with Gasteiger partial charge >= 0.3 is 0 Å². The Morgan fingerprint density at radius 2 is 2.06 bits per heavy atom. The maximum absolute atomic E-state index is 7.97. The highest BCUT2D eigenvalue weighted by Crippen LogP contribution is 2.17. The van der Waals surface area contributed by atoms with E-state index in [1.54, 1.807) is 12.3 Å². The molecule has 16 heavy (non-hydrogen) atoms. The molecule has 88 valence electrons. The largest absolute Gasteiger partial charge is 0.397 e. The van der Waals surface area contributed by atoms with Gasteiger partial charge in [0.25, 0.3) is 0 Å². The molecule has 0 aliphatic carbocycles. The van der Waals surface area contributed by atoms with Crippen molar-refractivity contribution < 1.29 is 0 Å². The number of nitrogens with zero attached hydrogens (tertiary/aromatic N) is 1. The molecule has 0 unspecified atom stereocenters. The van der Waals surface area contributed by atoms with Gasteiger partial charge in [0.1, 0.15) is 0 Å². The molecule has 3 N–H and O–H groups in total. The molecule has 0 saturated carbocycles. The van der Waals surface area contributed by atoms with Gasteiger partial charge in [0.2, 0.25) is 0 Å². The molecule has 3 heteroatoms. The average molecular weight is 219 g/mol. The molecule has 0 bridgehead atoms. The lowest BCUT2D eigenvalue weighted by atomic mass is 9.93. The zero-order chi connectivity index (χ0) is 12.1. The van der Waals surface area contributed by atoms with Crippen LogP contribution in [0.3, 0.4) is 0 Å². The zero-order valence-electron chi connectivity index (χ0n) is 10.3. The molecular weight excluding hydrogens is 198 g/mol. The standard InChI is InChI=1S/C13H21N3/c1-9(2)6-10(3)7-12(15)13-5-4-11(14)8-16-13/h4-5,8-10,15H,6-7,14H2,1-3H3/t10-/m1/s1. The Morgan fingerprint density at radius 1 is 1.38 bits per heavy atom. The highest BCUT2D eigenvalue weighted by atomic mass is 14.7. The van der Waals surface area contributed by atoms with Crippen LogP contribution in [0.1, 0.15) is 39.3 Å². The molecule has 1 aromatic heterocycles. The third kappa shape index (κ3) is 4.01. The minimum absolute atomic E-state index is 0.534. The Labute approximate surface area is 97.6 Å². The normalized spacial score (nSPS) is 12.8. The SMILES string of the molecule is CC(C)C[C@@H](C)CC(=N)c1ccc(N)cn1. The monoisotopic (exact) mass is 219 g/mol. The molecule has 1 heterocycles. The van der Waals surface area contributed by atoms with Gasteiger partial charge in [0, 0.05) is 0 Å². The summed E-state index contributed by atoms with van der Waals surface area (Å²) in [4.78, 5) is 4.16. The maximum Gasteiger partial charge on any atom is 0.0838 e. The van der Waals surface area contributed by atoms with Crippen LogP contribution >= 0.6 is 0 Å². The Hall–Kier alpha value is -1.38. The van der Waals surface area contributed by atoms with Crippen molar-refractivity contribution in [2.24, 2.45) is 11.8 Å². The summed E-state index contributed by atoms with van der Waals surface area (Å²) in [6.45, 7) is 6.61. The van der Waals surface area contributed by atoms with Crippen LogP contribution in [0.4, 0.5) is 5.69 Å². The zero-order valence-corrected chi connectivity index (χ0v) is 10.3. The van der Waals surface area contributed by atoms with Crippen LogP contribution in [-0.4, -0.2) is 10.7 Å². The lowest BCUT2D eigenvalue weighted by Gasteiger charge is -2.14. The number of hydrogen-bond donors (Lipinski definition) is 2. The first-order valence-electron chi connectivity index (χ1n) is 5.78. The quantitative estimate of drug-likeness (QED) is 0.747. The summed E-state index contributed by atoms with van der Waals surface area (Å²) in [5, 5.41) is 7.97. The minimum atomic E-state index is 0.534. The lowest BCUT2D eigenvalue weighted by molar-refractivity contribution is 0.450. The predicted molar refractivity (Wildman–Crippen MR) is 68.7 cm³/mol.